The highest BCUT2D eigenvalue weighted by Gasteiger charge is 2.13. The van der Waals surface area contributed by atoms with Crippen LogP contribution in [0.3, 0.4) is 0 Å². The molecule has 186 valence electrons. The highest BCUT2D eigenvalue weighted by Crippen LogP contribution is 2.28. The summed E-state index contributed by atoms with van der Waals surface area (Å²) < 4.78 is 6.04. The molecule has 0 radical (unpaired) electrons. The average Bonchev–Trinajstić information content (AvgIpc) is 2.87. The third-order valence-corrected chi connectivity index (χ3v) is 4.80. The molecule has 0 saturated carbocycles. The number of ether oxygens (including phenoxy) is 1. The van der Waals surface area contributed by atoms with Crippen molar-refractivity contribution in [2.75, 3.05) is 5.32 Å². The molecule has 1 amide bonds. The van der Waals surface area contributed by atoms with Gasteiger partial charge in [0.1, 0.15) is 17.3 Å². The smallest absolute Gasteiger partial charge is 0.251 e. The number of amides is 1. The lowest BCUT2D eigenvalue weighted by Crippen LogP contribution is -2.23. The quantitative estimate of drug-likeness (QED) is 0.309. The van der Waals surface area contributed by atoms with Crippen LogP contribution in [0.5, 0.6) is 11.5 Å². The van der Waals surface area contributed by atoms with E-state index in [1.54, 1.807) is 48.7 Å². The summed E-state index contributed by atoms with van der Waals surface area (Å²) in [5, 5.41) is 6.78. The van der Waals surface area contributed by atoms with Gasteiger partial charge >= 0.3 is 0 Å². The molecule has 0 aliphatic carbocycles. The first-order valence-corrected chi connectivity index (χ1v) is 12.2. The summed E-state index contributed by atoms with van der Waals surface area (Å²) in [4.78, 5) is 17.0. The number of hydrogen-bond donors (Lipinski definition) is 2. The van der Waals surface area contributed by atoms with Crippen molar-refractivity contribution < 1.29 is 9.53 Å². The Bertz CT molecular complexity index is 1110. The van der Waals surface area contributed by atoms with E-state index in [0.29, 0.717) is 34.4 Å². The largest absolute Gasteiger partial charge is 0.457 e. The van der Waals surface area contributed by atoms with Gasteiger partial charge in [0.2, 0.25) is 0 Å². The van der Waals surface area contributed by atoms with Gasteiger partial charge in [0.25, 0.3) is 5.91 Å². The fraction of sp³-hybridized carbons (Fsp3) is 0.241. The molecule has 0 unspecified atom stereocenters. The van der Waals surface area contributed by atoms with Crippen molar-refractivity contribution in [3.05, 3.63) is 107 Å². The Hall–Kier alpha value is -3.57. The second-order valence-electron chi connectivity index (χ2n) is 6.93. The number of pyridine rings is 1. The molecule has 5 nitrogen and oxygen atoms in total. The third kappa shape index (κ3) is 9.67. The van der Waals surface area contributed by atoms with Crippen LogP contribution in [0.15, 0.2) is 85.2 Å². The van der Waals surface area contributed by atoms with Crippen LogP contribution < -0.4 is 15.4 Å². The fourth-order valence-corrected chi connectivity index (χ4v) is 3.07. The van der Waals surface area contributed by atoms with E-state index in [1.807, 2.05) is 65.8 Å². The summed E-state index contributed by atoms with van der Waals surface area (Å²) in [6, 6.07) is 16.4. The lowest BCUT2D eigenvalue weighted by atomic mass is 10.1. The average molecular weight is 494 g/mol. The Kier molecular flexibility index (Phi) is 13.6. The summed E-state index contributed by atoms with van der Waals surface area (Å²) in [6.45, 7) is 15.9. The minimum atomic E-state index is -0.167. The van der Waals surface area contributed by atoms with Crippen LogP contribution >= 0.6 is 11.6 Å². The van der Waals surface area contributed by atoms with Gasteiger partial charge in [-0.25, -0.2) is 4.98 Å². The van der Waals surface area contributed by atoms with Crippen molar-refractivity contribution in [2.24, 2.45) is 0 Å². The second kappa shape index (κ2) is 16.1. The van der Waals surface area contributed by atoms with Crippen molar-refractivity contribution in [1.82, 2.24) is 10.3 Å². The number of benzene rings is 2. The molecule has 2 N–H and O–H groups in total. The zero-order chi connectivity index (χ0) is 26.2. The first-order valence-electron chi connectivity index (χ1n) is 11.8. The van der Waals surface area contributed by atoms with Gasteiger partial charge < -0.3 is 15.4 Å². The number of nitrogens with zero attached hydrogens (tertiary/aromatic N) is 1. The van der Waals surface area contributed by atoms with E-state index in [-0.39, 0.29) is 5.91 Å². The molecule has 3 aromatic rings. The molecule has 0 fully saturated rings. The van der Waals surface area contributed by atoms with Crippen molar-refractivity contribution in [1.29, 1.82) is 0 Å². The van der Waals surface area contributed by atoms with Gasteiger partial charge in [-0.15, -0.1) is 0 Å². The van der Waals surface area contributed by atoms with Crippen LogP contribution in [-0.4, -0.2) is 10.9 Å². The molecule has 2 aromatic carbocycles. The zero-order valence-corrected chi connectivity index (χ0v) is 22.2. The Morgan fingerprint density at radius 3 is 2.43 bits per heavy atom. The number of anilines is 1. The Labute approximate surface area is 214 Å². The van der Waals surface area contributed by atoms with E-state index in [2.05, 4.69) is 22.2 Å². The van der Waals surface area contributed by atoms with Crippen LogP contribution in [0.4, 0.5) is 5.82 Å². The molecule has 0 atom stereocenters. The molecule has 0 bridgehead atoms. The zero-order valence-electron chi connectivity index (χ0n) is 21.5. The number of aromatic nitrogens is 1. The predicted octanol–water partition coefficient (Wildman–Crippen LogP) is 8.32. The number of nitrogens with one attached hydrogen (secondary N) is 2. The fourth-order valence-electron chi connectivity index (χ4n) is 2.94. The minimum absolute atomic E-state index is 0.167. The van der Waals surface area contributed by atoms with Crippen LogP contribution in [0.1, 0.15) is 56.1 Å². The van der Waals surface area contributed by atoms with Crippen LogP contribution in [-0.2, 0) is 6.54 Å². The van der Waals surface area contributed by atoms with E-state index < -0.39 is 0 Å². The third-order valence-electron chi connectivity index (χ3n) is 4.55. The van der Waals surface area contributed by atoms with Gasteiger partial charge in [-0.1, -0.05) is 70.1 Å². The molecular formula is C29H36ClN3O2. The van der Waals surface area contributed by atoms with Gasteiger partial charge in [0.15, 0.2) is 0 Å². The van der Waals surface area contributed by atoms with E-state index in [1.165, 1.54) is 0 Å². The molecule has 0 saturated heterocycles. The standard InChI is InChI=1S/C25H24ClN3O2.2C2H6/c1-4-6-17(2)29-24-15-21(13-14-27-24)31-23-8-5-7-22(18(23)3)25(30)28-16-19-9-11-20(26)12-10-19;2*1-2/h4-15H,1,16H2,2-3H3,(H,27,29)(H,28,30);2*1-2H3/b17-6+;;. The van der Waals surface area contributed by atoms with Gasteiger partial charge in [0, 0.05) is 40.7 Å². The summed E-state index contributed by atoms with van der Waals surface area (Å²) in [5.74, 6) is 1.71. The Morgan fingerprint density at radius 1 is 1.09 bits per heavy atom. The lowest BCUT2D eigenvalue weighted by Gasteiger charge is -2.13. The van der Waals surface area contributed by atoms with Gasteiger partial charge in [0.05, 0.1) is 0 Å². The normalized spacial score (nSPS) is 10.1. The maximum atomic E-state index is 12.7. The molecule has 35 heavy (non-hydrogen) atoms. The summed E-state index contributed by atoms with van der Waals surface area (Å²) in [5.41, 5.74) is 3.20. The summed E-state index contributed by atoms with van der Waals surface area (Å²) in [6.07, 6.45) is 5.22. The predicted molar refractivity (Wildman–Crippen MR) is 148 cm³/mol. The number of halogens is 1. The van der Waals surface area contributed by atoms with Gasteiger partial charge in [-0.3, -0.25) is 4.79 Å². The SMILES string of the molecule is C=C/C=C(\C)Nc1cc(Oc2cccc(C(=O)NCc3ccc(Cl)cc3)c2C)ccn1.CC.CC. The maximum Gasteiger partial charge on any atom is 0.251 e. The van der Waals surface area contributed by atoms with Crippen molar-refractivity contribution in [3.8, 4) is 11.5 Å². The van der Waals surface area contributed by atoms with E-state index in [4.69, 9.17) is 16.3 Å². The van der Waals surface area contributed by atoms with Crippen molar-refractivity contribution in [2.45, 2.75) is 48.1 Å². The monoisotopic (exact) mass is 493 g/mol. The minimum Gasteiger partial charge on any atom is -0.457 e. The van der Waals surface area contributed by atoms with Crippen molar-refractivity contribution >= 4 is 23.3 Å². The molecule has 1 heterocycles. The van der Waals surface area contributed by atoms with E-state index in [9.17, 15) is 4.79 Å². The number of rotatable bonds is 8. The number of carbonyl (C=O) groups excluding carboxylic acids is 1. The number of allylic oxidation sites excluding steroid dienone is 3. The highest BCUT2D eigenvalue weighted by atomic mass is 35.5. The van der Waals surface area contributed by atoms with Crippen LogP contribution in [0, 0.1) is 6.92 Å². The van der Waals surface area contributed by atoms with Gasteiger partial charge in [-0.05, 0) is 55.8 Å². The summed E-state index contributed by atoms with van der Waals surface area (Å²) in [7, 11) is 0. The second-order valence-corrected chi connectivity index (χ2v) is 7.36. The van der Waals surface area contributed by atoms with Gasteiger partial charge in [-0.2, -0.15) is 0 Å². The maximum absolute atomic E-state index is 12.7. The van der Waals surface area contributed by atoms with E-state index >= 15 is 0 Å². The number of carbonyl (C=O) groups is 1. The van der Waals surface area contributed by atoms with Crippen LogP contribution in [0.2, 0.25) is 5.02 Å². The lowest BCUT2D eigenvalue weighted by molar-refractivity contribution is 0.0950. The molecule has 6 heteroatoms. The first-order chi connectivity index (χ1) is 17.0. The molecule has 0 spiro atoms. The van der Waals surface area contributed by atoms with E-state index in [0.717, 1.165) is 16.8 Å². The number of hydrogen-bond acceptors (Lipinski definition) is 4. The molecule has 1 aromatic heterocycles. The molecular weight excluding hydrogens is 458 g/mol. The highest BCUT2D eigenvalue weighted by molar-refractivity contribution is 6.30. The Balaban J connectivity index is 0.00000145. The van der Waals surface area contributed by atoms with Crippen molar-refractivity contribution in [3.63, 3.8) is 0 Å². The molecule has 0 aliphatic heterocycles. The Morgan fingerprint density at radius 2 is 1.77 bits per heavy atom. The van der Waals surface area contributed by atoms with Crippen LogP contribution in [0.25, 0.3) is 0 Å². The topological polar surface area (TPSA) is 63.2 Å². The summed E-state index contributed by atoms with van der Waals surface area (Å²) >= 11 is 5.91. The molecule has 3 rings (SSSR count). The first kappa shape index (κ1) is 29.5. The molecule has 0 aliphatic rings.